The molecule has 0 heterocycles. The van der Waals surface area contributed by atoms with Crippen molar-refractivity contribution >= 4 is 6.21 Å². The van der Waals surface area contributed by atoms with E-state index < -0.39 is 0 Å². The summed E-state index contributed by atoms with van der Waals surface area (Å²) in [7, 11) is 1.68. The maximum absolute atomic E-state index is 4.98. The number of hydrogen-bond acceptors (Lipinski definition) is 2. The number of nitrogens with zero attached hydrogens (tertiary/aromatic N) is 1. The van der Waals surface area contributed by atoms with Gasteiger partial charge in [0, 0.05) is 13.3 Å². The number of aliphatic imine (C=N–C) groups is 1. The van der Waals surface area contributed by atoms with Crippen molar-refractivity contribution in [2.45, 2.75) is 27.2 Å². The van der Waals surface area contributed by atoms with E-state index in [-0.39, 0.29) is 0 Å². The third kappa shape index (κ3) is 5.08. The molecule has 0 bridgehead atoms. The molecule has 0 amide bonds. The largest absolute Gasteiger partial charge is 0.378 e. The van der Waals surface area contributed by atoms with Gasteiger partial charge in [-0.1, -0.05) is 19.9 Å². The van der Waals surface area contributed by atoms with Crippen molar-refractivity contribution in [3.63, 3.8) is 0 Å². The van der Waals surface area contributed by atoms with Gasteiger partial charge in [0.25, 0.3) is 0 Å². The van der Waals surface area contributed by atoms with Crippen LogP contribution in [0, 0.1) is 5.92 Å². The summed E-state index contributed by atoms with van der Waals surface area (Å²) in [5.74, 6) is 0.553. The van der Waals surface area contributed by atoms with E-state index >= 15 is 0 Å². The molecule has 0 N–H and O–H groups in total. The van der Waals surface area contributed by atoms with Crippen LogP contribution in [-0.2, 0) is 4.74 Å². The summed E-state index contributed by atoms with van der Waals surface area (Å²) in [5, 5.41) is 0. The minimum Gasteiger partial charge on any atom is -0.378 e. The van der Waals surface area contributed by atoms with Crippen molar-refractivity contribution in [2.24, 2.45) is 10.9 Å². The number of methoxy groups -OCH3 is 1. The average Bonchev–Trinajstić information content (AvgIpc) is 2.11. The highest BCUT2D eigenvalue weighted by Gasteiger charge is 1.93. The van der Waals surface area contributed by atoms with E-state index in [4.69, 9.17) is 4.74 Å². The highest BCUT2D eigenvalue weighted by Crippen LogP contribution is 2.00. The normalized spacial score (nSPS) is 15.5. The molecule has 0 rings (SSSR count). The first-order chi connectivity index (χ1) is 5.74. The van der Waals surface area contributed by atoms with Crippen molar-refractivity contribution in [2.75, 3.05) is 13.7 Å². The molecule has 0 aromatic rings. The molecule has 1 atom stereocenters. The zero-order chi connectivity index (χ0) is 9.40. The topological polar surface area (TPSA) is 21.6 Å². The number of hydrogen-bond donors (Lipinski definition) is 0. The van der Waals surface area contributed by atoms with Crippen LogP contribution < -0.4 is 0 Å². The maximum atomic E-state index is 4.98. The molecule has 0 aliphatic heterocycles. The Morgan fingerprint density at radius 2 is 2.25 bits per heavy atom. The van der Waals surface area contributed by atoms with Gasteiger partial charge >= 0.3 is 0 Å². The first kappa shape index (κ1) is 11.4. The molecule has 2 heteroatoms. The van der Waals surface area contributed by atoms with Crippen LogP contribution in [0.1, 0.15) is 27.2 Å². The highest BCUT2D eigenvalue weighted by molar-refractivity contribution is 5.61. The Bertz CT molecular complexity index is 161. The van der Waals surface area contributed by atoms with Crippen molar-refractivity contribution < 1.29 is 4.74 Å². The molecule has 2 nitrogen and oxygen atoms in total. The molecular weight excluding hydrogens is 150 g/mol. The molecule has 1 unspecified atom stereocenters. The van der Waals surface area contributed by atoms with E-state index in [0.29, 0.717) is 12.5 Å². The summed E-state index contributed by atoms with van der Waals surface area (Å²) in [6.07, 6.45) is 5.09. The SMILES string of the molecule is C/C=C(/COC)N=CC(C)CC. The summed E-state index contributed by atoms with van der Waals surface area (Å²) in [4.78, 5) is 4.31. The molecular formula is C10H19NO. The van der Waals surface area contributed by atoms with Gasteiger partial charge in [-0.2, -0.15) is 0 Å². The predicted molar refractivity (Wildman–Crippen MR) is 53.6 cm³/mol. The summed E-state index contributed by atoms with van der Waals surface area (Å²) < 4.78 is 4.98. The van der Waals surface area contributed by atoms with Crippen LogP contribution in [-0.4, -0.2) is 19.9 Å². The van der Waals surface area contributed by atoms with Gasteiger partial charge in [-0.15, -0.1) is 0 Å². The molecule has 0 saturated heterocycles. The lowest BCUT2D eigenvalue weighted by Gasteiger charge is -2.01. The molecule has 0 fully saturated rings. The summed E-state index contributed by atoms with van der Waals surface area (Å²) >= 11 is 0. The van der Waals surface area contributed by atoms with Gasteiger partial charge in [-0.3, -0.25) is 4.99 Å². The van der Waals surface area contributed by atoms with E-state index in [1.54, 1.807) is 7.11 Å². The molecule has 0 aliphatic rings. The molecule has 0 aliphatic carbocycles. The Hall–Kier alpha value is -0.630. The molecule has 70 valence electrons. The third-order valence-electron chi connectivity index (χ3n) is 1.76. The van der Waals surface area contributed by atoms with Gasteiger partial charge in [0.05, 0.1) is 12.3 Å². The van der Waals surface area contributed by atoms with Crippen LogP contribution in [0.25, 0.3) is 0 Å². The molecule has 12 heavy (non-hydrogen) atoms. The lowest BCUT2D eigenvalue weighted by atomic mass is 10.1. The van der Waals surface area contributed by atoms with Gasteiger partial charge < -0.3 is 4.74 Å². The van der Waals surface area contributed by atoms with Crippen LogP contribution in [0.4, 0.5) is 0 Å². The fraction of sp³-hybridized carbons (Fsp3) is 0.700. The second-order valence-corrected chi connectivity index (χ2v) is 2.88. The Labute approximate surface area is 75.3 Å². The van der Waals surface area contributed by atoms with Gasteiger partial charge in [0.15, 0.2) is 0 Å². The quantitative estimate of drug-likeness (QED) is 0.580. The third-order valence-corrected chi connectivity index (χ3v) is 1.76. The van der Waals surface area contributed by atoms with Crippen LogP contribution in [0.15, 0.2) is 16.8 Å². The van der Waals surface area contributed by atoms with E-state index in [0.717, 1.165) is 12.1 Å². The Morgan fingerprint density at radius 3 is 2.67 bits per heavy atom. The minimum absolute atomic E-state index is 0.553. The second kappa shape index (κ2) is 7.04. The first-order valence-electron chi connectivity index (χ1n) is 4.42. The Kier molecular flexibility index (Phi) is 6.67. The van der Waals surface area contributed by atoms with Gasteiger partial charge in [0.2, 0.25) is 0 Å². The predicted octanol–water partition coefficient (Wildman–Crippen LogP) is 2.65. The summed E-state index contributed by atoms with van der Waals surface area (Å²) in [6.45, 7) is 6.89. The lowest BCUT2D eigenvalue weighted by molar-refractivity contribution is 0.225. The first-order valence-corrected chi connectivity index (χ1v) is 4.42. The van der Waals surface area contributed by atoms with Crippen LogP contribution >= 0.6 is 0 Å². The molecule has 0 spiro atoms. The van der Waals surface area contributed by atoms with Crippen molar-refractivity contribution in [3.05, 3.63) is 11.8 Å². The minimum atomic E-state index is 0.553. The van der Waals surface area contributed by atoms with Gasteiger partial charge in [-0.05, 0) is 19.3 Å². The van der Waals surface area contributed by atoms with E-state index in [9.17, 15) is 0 Å². The zero-order valence-corrected chi connectivity index (χ0v) is 8.50. The highest BCUT2D eigenvalue weighted by atomic mass is 16.5. The average molecular weight is 169 g/mol. The second-order valence-electron chi connectivity index (χ2n) is 2.88. The van der Waals surface area contributed by atoms with E-state index in [1.165, 1.54) is 0 Å². The molecule has 0 saturated carbocycles. The number of allylic oxidation sites excluding steroid dienone is 1. The molecule has 0 aromatic heterocycles. The monoisotopic (exact) mass is 169 g/mol. The summed E-state index contributed by atoms with van der Waals surface area (Å²) in [5.41, 5.74) is 0.998. The maximum Gasteiger partial charge on any atom is 0.0880 e. The molecule has 0 aromatic carbocycles. The summed E-state index contributed by atoms with van der Waals surface area (Å²) in [6, 6.07) is 0. The smallest absolute Gasteiger partial charge is 0.0880 e. The standard InChI is InChI=1S/C10H19NO/c1-5-9(3)7-11-10(6-2)8-12-4/h6-7,9H,5,8H2,1-4H3/b10-6-,11-7?. The molecule has 0 radical (unpaired) electrons. The van der Waals surface area contributed by atoms with Gasteiger partial charge in [-0.25, -0.2) is 0 Å². The Morgan fingerprint density at radius 1 is 1.58 bits per heavy atom. The van der Waals surface area contributed by atoms with E-state index in [1.807, 2.05) is 19.2 Å². The van der Waals surface area contributed by atoms with E-state index in [2.05, 4.69) is 18.8 Å². The van der Waals surface area contributed by atoms with Crippen molar-refractivity contribution in [3.8, 4) is 0 Å². The van der Waals surface area contributed by atoms with Crippen molar-refractivity contribution in [1.29, 1.82) is 0 Å². The fourth-order valence-corrected chi connectivity index (χ4v) is 0.671. The van der Waals surface area contributed by atoms with Crippen LogP contribution in [0.5, 0.6) is 0 Å². The Balaban J connectivity index is 3.93. The fourth-order valence-electron chi connectivity index (χ4n) is 0.671. The van der Waals surface area contributed by atoms with Crippen LogP contribution in [0.3, 0.4) is 0 Å². The van der Waals surface area contributed by atoms with Gasteiger partial charge in [0.1, 0.15) is 0 Å². The zero-order valence-electron chi connectivity index (χ0n) is 8.50. The van der Waals surface area contributed by atoms with Crippen molar-refractivity contribution in [1.82, 2.24) is 0 Å². The van der Waals surface area contributed by atoms with Crippen LogP contribution in [0.2, 0.25) is 0 Å². The number of rotatable bonds is 5. The lowest BCUT2D eigenvalue weighted by Crippen LogP contribution is -1.96. The number of ether oxygens (including phenoxy) is 1.